The van der Waals surface area contributed by atoms with Gasteiger partial charge in [0.25, 0.3) is 0 Å². The Bertz CT molecular complexity index is 791. The van der Waals surface area contributed by atoms with Crippen molar-refractivity contribution in [3.05, 3.63) is 40.4 Å². The molecule has 2 N–H and O–H groups in total. The number of hydrogen-bond donors (Lipinski definition) is 1. The van der Waals surface area contributed by atoms with Crippen LogP contribution < -0.4 is 15.5 Å². The summed E-state index contributed by atoms with van der Waals surface area (Å²) in [6.07, 6.45) is -0.130. The van der Waals surface area contributed by atoms with Gasteiger partial charge in [0.2, 0.25) is 17.6 Å². The molecule has 1 aliphatic heterocycles. The van der Waals surface area contributed by atoms with E-state index in [9.17, 15) is 10.1 Å². The van der Waals surface area contributed by atoms with Crippen LogP contribution in [-0.2, 0) is 4.74 Å². The molecular weight excluding hydrogens is 336 g/mol. The third-order valence-corrected chi connectivity index (χ3v) is 4.23. The normalized spacial score (nSPS) is 20.0. The van der Waals surface area contributed by atoms with Crippen molar-refractivity contribution in [2.45, 2.75) is 26.1 Å². The first-order chi connectivity index (χ1) is 12.4. The molecule has 2 atom stereocenters. The van der Waals surface area contributed by atoms with Crippen LogP contribution in [0.5, 0.6) is 0 Å². The van der Waals surface area contributed by atoms with Crippen LogP contribution in [0.1, 0.15) is 13.8 Å². The van der Waals surface area contributed by atoms with E-state index < -0.39 is 4.92 Å². The number of rotatable bonds is 4. The number of anilines is 4. The monoisotopic (exact) mass is 358 g/mol. The van der Waals surface area contributed by atoms with Crippen LogP contribution in [0.2, 0.25) is 0 Å². The molecule has 0 radical (unpaired) electrons. The van der Waals surface area contributed by atoms with Gasteiger partial charge in [-0.05, 0) is 26.0 Å². The summed E-state index contributed by atoms with van der Waals surface area (Å²) < 4.78 is 5.72. The summed E-state index contributed by atoms with van der Waals surface area (Å²) >= 11 is 0. The summed E-state index contributed by atoms with van der Waals surface area (Å²) in [6.45, 7) is 4.85. The maximum Gasteiger partial charge on any atom is 0.353 e. The minimum Gasteiger partial charge on any atom is -0.378 e. The predicted molar refractivity (Wildman–Crippen MR) is 99.8 cm³/mol. The van der Waals surface area contributed by atoms with Gasteiger partial charge in [0.05, 0.1) is 17.1 Å². The summed E-state index contributed by atoms with van der Waals surface area (Å²) in [4.78, 5) is 23.3. The second-order valence-corrected chi connectivity index (χ2v) is 6.40. The lowest BCUT2D eigenvalue weighted by molar-refractivity contribution is -0.383. The lowest BCUT2D eigenvalue weighted by atomic mass is 10.2. The molecule has 0 unspecified atom stereocenters. The number of morpholine rings is 1. The Morgan fingerprint density at radius 2 is 1.85 bits per heavy atom. The molecule has 1 saturated heterocycles. The van der Waals surface area contributed by atoms with Crippen molar-refractivity contribution in [2.75, 3.05) is 35.7 Å². The van der Waals surface area contributed by atoms with E-state index in [-0.39, 0.29) is 29.5 Å². The molecule has 3 rings (SSSR count). The van der Waals surface area contributed by atoms with E-state index in [0.29, 0.717) is 19.0 Å². The van der Waals surface area contributed by atoms with Gasteiger partial charge in [-0.3, -0.25) is 10.1 Å². The highest BCUT2D eigenvalue weighted by Crippen LogP contribution is 2.35. The van der Waals surface area contributed by atoms with Crippen LogP contribution in [0, 0.1) is 10.1 Å². The molecule has 0 spiro atoms. The number of nitro groups is 1. The first-order valence-electron chi connectivity index (χ1n) is 8.38. The van der Waals surface area contributed by atoms with Gasteiger partial charge in [-0.1, -0.05) is 18.2 Å². The van der Waals surface area contributed by atoms with Crippen LogP contribution in [-0.4, -0.2) is 47.2 Å². The average Bonchev–Trinajstić information content (AvgIpc) is 2.60. The van der Waals surface area contributed by atoms with E-state index in [1.807, 2.05) is 49.1 Å². The lowest BCUT2D eigenvalue weighted by Crippen LogP contribution is -2.46. The van der Waals surface area contributed by atoms with Crippen LogP contribution >= 0.6 is 0 Å². The SMILES string of the molecule is C[C@H]1CN(c2nc(N(C)c3ccccc3)nc(N)c2[N+](=O)[O-])C[C@H](C)O1. The van der Waals surface area contributed by atoms with Crippen molar-refractivity contribution < 1.29 is 9.66 Å². The molecule has 9 heteroatoms. The Labute approximate surface area is 151 Å². The number of aromatic nitrogens is 2. The third kappa shape index (κ3) is 3.52. The molecule has 26 heavy (non-hydrogen) atoms. The molecule has 138 valence electrons. The first-order valence-corrected chi connectivity index (χ1v) is 8.38. The molecule has 1 aliphatic rings. The van der Waals surface area contributed by atoms with Crippen molar-refractivity contribution >= 4 is 29.0 Å². The van der Waals surface area contributed by atoms with Crippen LogP contribution in [0.3, 0.4) is 0 Å². The van der Waals surface area contributed by atoms with Crippen molar-refractivity contribution in [3.8, 4) is 0 Å². The van der Waals surface area contributed by atoms with E-state index in [4.69, 9.17) is 10.5 Å². The van der Waals surface area contributed by atoms with Crippen molar-refractivity contribution in [1.82, 2.24) is 9.97 Å². The molecule has 2 aromatic rings. The van der Waals surface area contributed by atoms with E-state index >= 15 is 0 Å². The number of hydrogen-bond acceptors (Lipinski definition) is 8. The smallest absolute Gasteiger partial charge is 0.353 e. The Morgan fingerprint density at radius 1 is 1.23 bits per heavy atom. The molecule has 1 aromatic heterocycles. The highest BCUT2D eigenvalue weighted by atomic mass is 16.6. The molecule has 0 aliphatic carbocycles. The van der Waals surface area contributed by atoms with Crippen LogP contribution in [0.25, 0.3) is 0 Å². The van der Waals surface area contributed by atoms with Gasteiger partial charge in [0, 0.05) is 25.8 Å². The van der Waals surface area contributed by atoms with E-state index in [1.54, 1.807) is 11.9 Å². The quantitative estimate of drug-likeness (QED) is 0.655. The molecule has 0 amide bonds. The molecule has 0 bridgehead atoms. The predicted octanol–water partition coefficient (Wildman–Crippen LogP) is 2.35. The largest absolute Gasteiger partial charge is 0.378 e. The Kier molecular flexibility index (Phi) is 4.90. The Hall–Kier alpha value is -2.94. The number of ether oxygens (including phenoxy) is 1. The zero-order valence-electron chi connectivity index (χ0n) is 15.0. The van der Waals surface area contributed by atoms with Gasteiger partial charge in [0.1, 0.15) is 0 Å². The van der Waals surface area contributed by atoms with Gasteiger partial charge in [-0.2, -0.15) is 9.97 Å². The van der Waals surface area contributed by atoms with Crippen molar-refractivity contribution in [2.24, 2.45) is 0 Å². The maximum atomic E-state index is 11.6. The van der Waals surface area contributed by atoms with E-state index in [2.05, 4.69) is 9.97 Å². The first kappa shape index (κ1) is 17.9. The standard InChI is InChI=1S/C17H22N6O3/c1-11-9-22(10-12(2)26-11)16-14(23(24)25)15(18)19-17(20-16)21(3)13-7-5-4-6-8-13/h4-8,11-12H,9-10H2,1-3H3,(H2,18,19,20)/t11-,12-/m0/s1. The fraction of sp³-hybridized carbons (Fsp3) is 0.412. The Balaban J connectivity index is 2.06. The van der Waals surface area contributed by atoms with E-state index in [0.717, 1.165) is 5.69 Å². The number of nitrogens with two attached hydrogens (primary N) is 1. The number of nitrogens with zero attached hydrogens (tertiary/aromatic N) is 5. The van der Waals surface area contributed by atoms with E-state index in [1.165, 1.54) is 0 Å². The molecular formula is C17H22N6O3. The topological polar surface area (TPSA) is 111 Å². The molecule has 9 nitrogen and oxygen atoms in total. The third-order valence-electron chi connectivity index (χ3n) is 4.23. The minimum absolute atomic E-state index is 0.0650. The van der Waals surface area contributed by atoms with Crippen molar-refractivity contribution in [3.63, 3.8) is 0 Å². The zero-order valence-corrected chi connectivity index (χ0v) is 15.0. The number of nitrogen functional groups attached to an aromatic ring is 1. The zero-order chi connectivity index (χ0) is 18.8. The van der Waals surface area contributed by atoms with Crippen molar-refractivity contribution in [1.29, 1.82) is 0 Å². The Morgan fingerprint density at radius 3 is 2.42 bits per heavy atom. The van der Waals surface area contributed by atoms with Gasteiger partial charge >= 0.3 is 5.69 Å². The second-order valence-electron chi connectivity index (χ2n) is 6.40. The summed E-state index contributed by atoms with van der Waals surface area (Å²) in [5.74, 6) is 0.382. The second kappa shape index (κ2) is 7.12. The fourth-order valence-corrected chi connectivity index (χ4v) is 3.11. The van der Waals surface area contributed by atoms with Gasteiger partial charge < -0.3 is 20.3 Å². The highest BCUT2D eigenvalue weighted by molar-refractivity contribution is 5.72. The van der Waals surface area contributed by atoms with Crippen LogP contribution in [0.4, 0.5) is 29.0 Å². The number of benzene rings is 1. The molecule has 0 saturated carbocycles. The lowest BCUT2D eigenvalue weighted by Gasteiger charge is -2.36. The molecule has 1 aromatic carbocycles. The number of para-hydroxylation sites is 1. The van der Waals surface area contributed by atoms with Crippen LogP contribution in [0.15, 0.2) is 30.3 Å². The van der Waals surface area contributed by atoms with Gasteiger partial charge in [0.15, 0.2) is 0 Å². The summed E-state index contributed by atoms with van der Waals surface area (Å²) in [5.41, 5.74) is 6.53. The van der Waals surface area contributed by atoms with Gasteiger partial charge in [-0.25, -0.2) is 0 Å². The fourth-order valence-electron chi connectivity index (χ4n) is 3.11. The van der Waals surface area contributed by atoms with Gasteiger partial charge in [-0.15, -0.1) is 0 Å². The highest BCUT2D eigenvalue weighted by Gasteiger charge is 2.32. The minimum atomic E-state index is -0.526. The summed E-state index contributed by atoms with van der Waals surface area (Å²) in [5, 5.41) is 11.6. The maximum absolute atomic E-state index is 11.6. The molecule has 2 heterocycles. The summed E-state index contributed by atoms with van der Waals surface area (Å²) in [7, 11) is 1.80. The summed E-state index contributed by atoms with van der Waals surface area (Å²) in [6, 6.07) is 9.50. The average molecular weight is 358 g/mol. The molecule has 1 fully saturated rings.